The summed E-state index contributed by atoms with van der Waals surface area (Å²) in [5, 5.41) is -0.0678. The minimum absolute atomic E-state index is 0.0819. The van der Waals surface area contributed by atoms with E-state index in [0.29, 0.717) is 13.1 Å². The van der Waals surface area contributed by atoms with Crippen LogP contribution in [-0.4, -0.2) is 18.1 Å². The molecular weight excluding hydrogens is 332 g/mol. The van der Waals surface area contributed by atoms with Crippen LogP contribution in [0.5, 0.6) is 0 Å². The predicted molar refractivity (Wildman–Crippen MR) is 90.6 cm³/mol. The fourth-order valence-corrected chi connectivity index (χ4v) is 2.94. The van der Waals surface area contributed by atoms with Crippen LogP contribution in [0.4, 0.5) is 23.4 Å². The Balaban J connectivity index is 2.43. The number of aromatic nitrogens is 1. The van der Waals surface area contributed by atoms with E-state index in [1.807, 2.05) is 13.8 Å². The first kappa shape index (κ1) is 17.2. The molecule has 130 valence electrons. The summed E-state index contributed by atoms with van der Waals surface area (Å²) in [6, 6.07) is 6.75. The van der Waals surface area contributed by atoms with E-state index >= 15 is 0 Å². The first-order chi connectivity index (χ1) is 12.0. The number of pyridine rings is 1. The summed E-state index contributed by atoms with van der Waals surface area (Å²) in [4.78, 5) is 5.96. The summed E-state index contributed by atoms with van der Waals surface area (Å²) in [7, 11) is 0. The molecule has 0 saturated carbocycles. The van der Waals surface area contributed by atoms with Gasteiger partial charge >= 0.3 is 0 Å². The number of benzene rings is 2. The summed E-state index contributed by atoms with van der Waals surface area (Å²) in [5.41, 5.74) is 0.360. The maximum Gasteiger partial charge on any atom is 0.195 e. The Kier molecular flexibility index (Phi) is 4.61. The molecule has 0 fully saturated rings. The van der Waals surface area contributed by atoms with Crippen LogP contribution in [0.25, 0.3) is 21.9 Å². The lowest BCUT2D eigenvalue weighted by Crippen LogP contribution is -2.23. The Morgan fingerprint density at radius 2 is 1.56 bits per heavy atom. The number of fused-ring (bicyclic) bond motifs is 1. The lowest BCUT2D eigenvalue weighted by atomic mass is 9.99. The van der Waals surface area contributed by atoms with Gasteiger partial charge in [-0.25, -0.2) is 22.5 Å². The Morgan fingerprint density at radius 1 is 0.880 bits per heavy atom. The largest absolute Gasteiger partial charge is 0.357 e. The molecule has 3 rings (SSSR count). The van der Waals surface area contributed by atoms with Crippen LogP contribution in [0.15, 0.2) is 36.5 Å². The number of halogens is 4. The van der Waals surface area contributed by atoms with Gasteiger partial charge in [-0.05, 0) is 26.0 Å². The smallest absolute Gasteiger partial charge is 0.195 e. The van der Waals surface area contributed by atoms with Crippen molar-refractivity contribution in [2.75, 3.05) is 18.0 Å². The molecule has 6 heteroatoms. The number of nitrogens with zero attached hydrogens (tertiary/aromatic N) is 2. The first-order valence-electron chi connectivity index (χ1n) is 7.95. The van der Waals surface area contributed by atoms with Gasteiger partial charge in [0.2, 0.25) is 0 Å². The van der Waals surface area contributed by atoms with E-state index in [9.17, 15) is 17.6 Å². The number of hydrogen-bond donors (Lipinski definition) is 0. The zero-order valence-corrected chi connectivity index (χ0v) is 13.8. The van der Waals surface area contributed by atoms with Gasteiger partial charge in [-0.3, -0.25) is 0 Å². The maximum atomic E-state index is 14.6. The molecule has 0 radical (unpaired) electrons. The van der Waals surface area contributed by atoms with Crippen molar-refractivity contribution in [1.29, 1.82) is 0 Å². The van der Waals surface area contributed by atoms with E-state index in [0.717, 1.165) is 6.07 Å². The van der Waals surface area contributed by atoms with E-state index in [4.69, 9.17) is 0 Å². The van der Waals surface area contributed by atoms with E-state index in [-0.39, 0.29) is 27.7 Å². The second kappa shape index (κ2) is 6.70. The van der Waals surface area contributed by atoms with Crippen LogP contribution in [-0.2, 0) is 0 Å². The molecule has 1 heterocycles. The Hall–Kier alpha value is -2.63. The summed E-state index contributed by atoms with van der Waals surface area (Å²) in [6.07, 6.45) is 1.37. The molecule has 2 aromatic carbocycles. The molecule has 0 aliphatic rings. The van der Waals surface area contributed by atoms with Crippen molar-refractivity contribution in [2.45, 2.75) is 13.8 Å². The summed E-state index contributed by atoms with van der Waals surface area (Å²) in [6.45, 7) is 4.71. The minimum atomic E-state index is -1.56. The lowest BCUT2D eigenvalue weighted by Gasteiger charge is -2.23. The third kappa shape index (κ3) is 2.81. The molecular formula is C19H16F4N2. The second-order valence-corrected chi connectivity index (χ2v) is 5.56. The van der Waals surface area contributed by atoms with E-state index in [1.165, 1.54) is 24.4 Å². The van der Waals surface area contributed by atoms with E-state index < -0.39 is 23.3 Å². The molecule has 2 nitrogen and oxygen atoms in total. The Bertz CT molecular complexity index is 936. The van der Waals surface area contributed by atoms with Crippen molar-refractivity contribution >= 4 is 16.6 Å². The van der Waals surface area contributed by atoms with Crippen LogP contribution in [0.1, 0.15) is 13.8 Å². The van der Waals surface area contributed by atoms with Gasteiger partial charge in [0.05, 0.1) is 5.39 Å². The van der Waals surface area contributed by atoms with Crippen molar-refractivity contribution < 1.29 is 17.6 Å². The quantitative estimate of drug-likeness (QED) is 0.469. The summed E-state index contributed by atoms with van der Waals surface area (Å²) >= 11 is 0. The summed E-state index contributed by atoms with van der Waals surface area (Å²) < 4.78 is 56.5. The molecule has 0 atom stereocenters. The maximum absolute atomic E-state index is 14.6. The van der Waals surface area contributed by atoms with E-state index in [2.05, 4.69) is 4.98 Å². The van der Waals surface area contributed by atoms with Crippen molar-refractivity contribution in [3.8, 4) is 11.1 Å². The van der Waals surface area contributed by atoms with Crippen molar-refractivity contribution in [3.05, 3.63) is 59.8 Å². The highest BCUT2D eigenvalue weighted by molar-refractivity contribution is 6.02. The van der Waals surface area contributed by atoms with E-state index in [1.54, 1.807) is 11.0 Å². The van der Waals surface area contributed by atoms with Crippen molar-refractivity contribution in [2.24, 2.45) is 0 Å². The standard InChI is InChI=1S/C19H16F4N2/c1-3-25(4-2)19-16-12(9-15(21)17(22)18(16)23)13(10-24-19)11-7-5-6-8-14(11)20/h5-10H,3-4H2,1-2H3. The number of hydrogen-bond acceptors (Lipinski definition) is 2. The van der Waals surface area contributed by atoms with Gasteiger partial charge in [0.1, 0.15) is 11.6 Å². The molecule has 0 bridgehead atoms. The molecule has 0 unspecified atom stereocenters. The average Bonchev–Trinajstić information content (AvgIpc) is 2.61. The Labute approximate surface area is 142 Å². The molecule has 0 saturated heterocycles. The molecule has 0 aliphatic heterocycles. The highest BCUT2D eigenvalue weighted by Crippen LogP contribution is 2.37. The zero-order valence-electron chi connectivity index (χ0n) is 13.8. The normalized spacial score (nSPS) is 11.1. The lowest BCUT2D eigenvalue weighted by molar-refractivity contribution is 0.453. The monoisotopic (exact) mass is 348 g/mol. The van der Waals surface area contributed by atoms with Crippen LogP contribution >= 0.6 is 0 Å². The fourth-order valence-electron chi connectivity index (χ4n) is 2.94. The average molecular weight is 348 g/mol. The SMILES string of the molecule is CCN(CC)c1ncc(-c2ccccc2F)c2cc(F)c(F)c(F)c12. The minimum Gasteiger partial charge on any atom is -0.357 e. The van der Waals surface area contributed by atoms with Gasteiger partial charge in [-0.1, -0.05) is 18.2 Å². The first-order valence-corrected chi connectivity index (χ1v) is 7.95. The fraction of sp³-hybridized carbons (Fsp3) is 0.211. The molecule has 0 aliphatic carbocycles. The van der Waals surface area contributed by atoms with Crippen LogP contribution < -0.4 is 4.90 Å². The molecule has 0 N–H and O–H groups in total. The number of anilines is 1. The van der Waals surface area contributed by atoms with Crippen molar-refractivity contribution in [1.82, 2.24) is 4.98 Å². The van der Waals surface area contributed by atoms with Crippen LogP contribution in [0.2, 0.25) is 0 Å². The van der Waals surface area contributed by atoms with Gasteiger partial charge < -0.3 is 4.90 Å². The van der Waals surface area contributed by atoms with Gasteiger partial charge in [0, 0.05) is 35.8 Å². The third-order valence-corrected chi connectivity index (χ3v) is 4.22. The highest BCUT2D eigenvalue weighted by Gasteiger charge is 2.22. The molecule has 1 aromatic heterocycles. The van der Waals surface area contributed by atoms with Crippen molar-refractivity contribution in [3.63, 3.8) is 0 Å². The molecule has 0 amide bonds. The molecule has 25 heavy (non-hydrogen) atoms. The molecule has 3 aromatic rings. The number of rotatable bonds is 4. The third-order valence-electron chi connectivity index (χ3n) is 4.22. The van der Waals surface area contributed by atoms with Gasteiger partial charge in [-0.15, -0.1) is 0 Å². The van der Waals surface area contributed by atoms with Crippen LogP contribution in [0.3, 0.4) is 0 Å². The van der Waals surface area contributed by atoms with Gasteiger partial charge in [-0.2, -0.15) is 0 Å². The second-order valence-electron chi connectivity index (χ2n) is 5.56. The summed E-state index contributed by atoms with van der Waals surface area (Å²) in [5.74, 6) is -4.54. The topological polar surface area (TPSA) is 16.1 Å². The van der Waals surface area contributed by atoms with Gasteiger partial charge in [0.25, 0.3) is 0 Å². The highest BCUT2D eigenvalue weighted by atomic mass is 19.2. The van der Waals surface area contributed by atoms with Gasteiger partial charge in [0.15, 0.2) is 17.5 Å². The Morgan fingerprint density at radius 3 is 2.20 bits per heavy atom. The van der Waals surface area contributed by atoms with Crippen LogP contribution in [0, 0.1) is 23.3 Å². The zero-order chi connectivity index (χ0) is 18.1. The predicted octanol–water partition coefficient (Wildman–Crippen LogP) is 5.30. The molecule has 0 spiro atoms.